The molecule has 4 nitrogen and oxygen atoms in total. The zero-order valence-electron chi connectivity index (χ0n) is 10.9. The van der Waals surface area contributed by atoms with Gasteiger partial charge in [0.2, 0.25) is 10.0 Å². The number of hydrogen-bond donors (Lipinski definition) is 2. The predicted molar refractivity (Wildman–Crippen MR) is 82.6 cm³/mol. The molecule has 1 aromatic heterocycles. The van der Waals surface area contributed by atoms with Crippen LogP contribution in [0.3, 0.4) is 0 Å². The van der Waals surface area contributed by atoms with Crippen LogP contribution in [-0.4, -0.2) is 15.5 Å². The van der Waals surface area contributed by atoms with Crippen LogP contribution in [0, 0.1) is 0 Å². The lowest BCUT2D eigenvalue weighted by atomic mass is 10.2. The standard InChI is InChI=1S/C13H15ClN2O2S2/c1-15-8-11-6-12(9-19-11)20(17,18)16-7-10-4-2-3-5-13(10)14/h2-6,9,15-16H,7-8H2,1H3. The van der Waals surface area contributed by atoms with Gasteiger partial charge >= 0.3 is 0 Å². The van der Waals surface area contributed by atoms with Gasteiger partial charge in [0, 0.05) is 28.4 Å². The Balaban J connectivity index is 2.09. The lowest BCUT2D eigenvalue weighted by molar-refractivity contribution is 0.581. The Morgan fingerprint density at radius 3 is 2.70 bits per heavy atom. The quantitative estimate of drug-likeness (QED) is 0.856. The monoisotopic (exact) mass is 330 g/mol. The fourth-order valence-electron chi connectivity index (χ4n) is 1.67. The van der Waals surface area contributed by atoms with Crippen LogP contribution in [0.1, 0.15) is 10.4 Å². The van der Waals surface area contributed by atoms with Crippen LogP contribution in [0.25, 0.3) is 0 Å². The van der Waals surface area contributed by atoms with E-state index in [1.54, 1.807) is 23.6 Å². The molecule has 0 unspecified atom stereocenters. The van der Waals surface area contributed by atoms with Crippen LogP contribution in [0.4, 0.5) is 0 Å². The van der Waals surface area contributed by atoms with Gasteiger partial charge in [0.05, 0.1) is 4.90 Å². The van der Waals surface area contributed by atoms with Gasteiger partial charge in [-0.2, -0.15) is 0 Å². The molecule has 1 aromatic carbocycles. The summed E-state index contributed by atoms with van der Waals surface area (Å²) in [5.74, 6) is 0. The van der Waals surface area contributed by atoms with Crippen LogP contribution in [0.2, 0.25) is 5.02 Å². The van der Waals surface area contributed by atoms with Crippen LogP contribution < -0.4 is 10.0 Å². The second kappa shape index (κ2) is 6.69. The molecule has 0 amide bonds. The van der Waals surface area contributed by atoms with Crippen molar-refractivity contribution >= 4 is 33.0 Å². The molecular weight excluding hydrogens is 316 g/mol. The lowest BCUT2D eigenvalue weighted by Crippen LogP contribution is -2.23. The highest BCUT2D eigenvalue weighted by molar-refractivity contribution is 7.89. The predicted octanol–water partition coefficient (Wildman–Crippen LogP) is 2.60. The zero-order valence-corrected chi connectivity index (χ0v) is 13.3. The fraction of sp³-hybridized carbons (Fsp3) is 0.231. The van der Waals surface area contributed by atoms with Gasteiger partial charge in [-0.15, -0.1) is 11.3 Å². The number of nitrogens with one attached hydrogen (secondary N) is 2. The molecule has 2 rings (SSSR count). The Hall–Kier alpha value is -0.920. The number of halogens is 1. The van der Waals surface area contributed by atoms with Gasteiger partial charge in [-0.1, -0.05) is 29.8 Å². The highest BCUT2D eigenvalue weighted by Gasteiger charge is 2.16. The molecule has 1 heterocycles. The summed E-state index contributed by atoms with van der Waals surface area (Å²) in [6.07, 6.45) is 0. The number of rotatable bonds is 6. The summed E-state index contributed by atoms with van der Waals surface area (Å²) < 4.78 is 26.9. The van der Waals surface area contributed by atoms with Crippen LogP contribution in [-0.2, 0) is 23.1 Å². The molecule has 20 heavy (non-hydrogen) atoms. The molecule has 7 heteroatoms. The lowest BCUT2D eigenvalue weighted by Gasteiger charge is -2.06. The largest absolute Gasteiger partial charge is 0.315 e. The summed E-state index contributed by atoms with van der Waals surface area (Å²) in [5.41, 5.74) is 0.753. The van der Waals surface area contributed by atoms with E-state index in [1.165, 1.54) is 11.3 Å². The van der Waals surface area contributed by atoms with E-state index in [2.05, 4.69) is 10.0 Å². The fourth-order valence-corrected chi connectivity index (χ4v) is 4.16. The first-order valence-electron chi connectivity index (χ1n) is 5.98. The van der Waals surface area contributed by atoms with Gasteiger partial charge in [0.15, 0.2) is 0 Å². The van der Waals surface area contributed by atoms with Crippen molar-refractivity contribution in [3.8, 4) is 0 Å². The van der Waals surface area contributed by atoms with E-state index in [0.717, 1.165) is 10.4 Å². The number of benzene rings is 1. The topological polar surface area (TPSA) is 58.2 Å². The van der Waals surface area contributed by atoms with Crippen LogP contribution in [0.15, 0.2) is 40.6 Å². The first-order chi connectivity index (χ1) is 9.53. The highest BCUT2D eigenvalue weighted by Crippen LogP contribution is 2.20. The van der Waals surface area contributed by atoms with Gasteiger partial charge in [-0.3, -0.25) is 0 Å². The van der Waals surface area contributed by atoms with E-state index in [9.17, 15) is 8.42 Å². The number of hydrogen-bond acceptors (Lipinski definition) is 4. The number of thiophene rings is 1. The zero-order chi connectivity index (χ0) is 14.6. The van der Waals surface area contributed by atoms with Gasteiger partial charge in [0.1, 0.15) is 0 Å². The molecule has 0 aliphatic carbocycles. The second-order valence-electron chi connectivity index (χ2n) is 4.20. The molecule has 0 saturated heterocycles. The molecule has 0 aliphatic rings. The average Bonchev–Trinajstić information content (AvgIpc) is 2.88. The Morgan fingerprint density at radius 1 is 1.25 bits per heavy atom. The minimum absolute atomic E-state index is 0.180. The Labute approximate surface area is 127 Å². The van der Waals surface area contributed by atoms with Crippen molar-refractivity contribution in [2.45, 2.75) is 18.0 Å². The van der Waals surface area contributed by atoms with Crippen LogP contribution in [0.5, 0.6) is 0 Å². The van der Waals surface area contributed by atoms with E-state index in [-0.39, 0.29) is 6.54 Å². The third-order valence-corrected chi connectivity index (χ3v) is 5.54. The molecule has 0 spiro atoms. The molecule has 0 aliphatic heterocycles. The summed E-state index contributed by atoms with van der Waals surface area (Å²) in [5, 5.41) is 5.18. The van der Waals surface area contributed by atoms with E-state index in [0.29, 0.717) is 16.5 Å². The molecule has 0 bridgehead atoms. The van der Waals surface area contributed by atoms with Gasteiger partial charge in [0.25, 0.3) is 0 Å². The van der Waals surface area contributed by atoms with Crippen molar-refractivity contribution in [2.75, 3.05) is 7.05 Å². The van der Waals surface area contributed by atoms with Gasteiger partial charge in [-0.25, -0.2) is 13.1 Å². The molecule has 0 saturated carbocycles. The van der Waals surface area contributed by atoms with Gasteiger partial charge < -0.3 is 5.32 Å². The Bertz CT molecular complexity index is 683. The minimum Gasteiger partial charge on any atom is -0.315 e. The Kier molecular flexibility index (Phi) is 5.17. The average molecular weight is 331 g/mol. The normalized spacial score (nSPS) is 11.7. The van der Waals surface area contributed by atoms with E-state index in [1.807, 2.05) is 19.2 Å². The molecule has 2 aromatic rings. The third kappa shape index (κ3) is 3.80. The van der Waals surface area contributed by atoms with Crippen molar-refractivity contribution in [2.24, 2.45) is 0 Å². The maximum atomic E-state index is 12.2. The summed E-state index contributed by atoms with van der Waals surface area (Å²) in [6.45, 7) is 0.837. The van der Waals surface area contributed by atoms with Crippen molar-refractivity contribution in [3.63, 3.8) is 0 Å². The van der Waals surface area contributed by atoms with Crippen molar-refractivity contribution in [1.82, 2.24) is 10.0 Å². The smallest absolute Gasteiger partial charge is 0.241 e. The molecule has 0 atom stereocenters. The van der Waals surface area contributed by atoms with E-state index in [4.69, 9.17) is 11.6 Å². The van der Waals surface area contributed by atoms with Crippen molar-refractivity contribution in [1.29, 1.82) is 0 Å². The molecule has 0 radical (unpaired) electrons. The summed E-state index contributed by atoms with van der Waals surface area (Å²) >= 11 is 7.42. The van der Waals surface area contributed by atoms with Crippen LogP contribution >= 0.6 is 22.9 Å². The maximum Gasteiger partial charge on any atom is 0.241 e. The first-order valence-corrected chi connectivity index (χ1v) is 8.72. The highest BCUT2D eigenvalue weighted by atomic mass is 35.5. The summed E-state index contributed by atoms with van der Waals surface area (Å²) in [6, 6.07) is 8.84. The summed E-state index contributed by atoms with van der Waals surface area (Å²) in [4.78, 5) is 1.27. The SMILES string of the molecule is CNCc1cc(S(=O)(=O)NCc2ccccc2Cl)cs1. The molecular formula is C13H15ClN2O2S2. The van der Waals surface area contributed by atoms with Gasteiger partial charge in [-0.05, 0) is 24.7 Å². The van der Waals surface area contributed by atoms with E-state index >= 15 is 0 Å². The van der Waals surface area contributed by atoms with E-state index < -0.39 is 10.0 Å². The minimum atomic E-state index is -3.50. The molecule has 0 fully saturated rings. The first kappa shape index (κ1) is 15.5. The molecule has 108 valence electrons. The third-order valence-electron chi connectivity index (χ3n) is 2.70. The molecule has 2 N–H and O–H groups in total. The number of sulfonamides is 1. The Morgan fingerprint density at radius 2 is 2.00 bits per heavy atom. The van der Waals surface area contributed by atoms with Crippen molar-refractivity contribution < 1.29 is 8.42 Å². The van der Waals surface area contributed by atoms with Crippen molar-refractivity contribution in [3.05, 3.63) is 51.2 Å². The second-order valence-corrected chi connectivity index (χ2v) is 7.36. The summed E-state index contributed by atoms with van der Waals surface area (Å²) in [7, 11) is -1.68. The maximum absolute atomic E-state index is 12.2.